The Hall–Kier alpha value is -2.07. The van der Waals surface area contributed by atoms with Crippen molar-refractivity contribution >= 4 is 22.4 Å². The van der Waals surface area contributed by atoms with Crippen molar-refractivity contribution in [1.82, 2.24) is 0 Å². The van der Waals surface area contributed by atoms with E-state index in [0.717, 1.165) is 28.6 Å². The third kappa shape index (κ3) is 3.82. The fraction of sp³-hybridized carbons (Fsp3) is 0.421. The van der Waals surface area contributed by atoms with Gasteiger partial charge in [0, 0.05) is 23.6 Å². The summed E-state index contributed by atoms with van der Waals surface area (Å²) in [6, 6.07) is 11.7. The van der Waals surface area contributed by atoms with Crippen molar-refractivity contribution in [2.24, 2.45) is 0 Å². The Morgan fingerprint density at radius 2 is 1.83 bits per heavy atom. The molecule has 0 radical (unpaired) electrons. The van der Waals surface area contributed by atoms with Gasteiger partial charge < -0.3 is 14.8 Å². The maximum Gasteiger partial charge on any atom is 0.256 e. The summed E-state index contributed by atoms with van der Waals surface area (Å²) in [6.45, 7) is 7.62. The molecule has 0 fully saturated rings. The number of fused-ring (bicyclic) bond motifs is 1. The summed E-state index contributed by atoms with van der Waals surface area (Å²) >= 11 is 0. The molecule has 0 aliphatic carbocycles. The molecule has 0 unspecified atom stereocenters. The minimum absolute atomic E-state index is 0.145. The van der Waals surface area contributed by atoms with Crippen LogP contribution < -0.4 is 10.1 Å². The maximum atomic E-state index is 12.4. The van der Waals surface area contributed by atoms with Crippen molar-refractivity contribution in [2.75, 3.05) is 12.4 Å². The minimum Gasteiger partial charge on any atom is -0.490 e. The molecule has 0 heterocycles. The second-order valence-corrected chi connectivity index (χ2v) is 6.16. The van der Waals surface area contributed by atoms with E-state index in [4.69, 9.17) is 9.47 Å². The number of hydrogen-bond acceptors (Lipinski definition) is 3. The molecule has 0 bridgehead atoms. The molecule has 23 heavy (non-hydrogen) atoms. The van der Waals surface area contributed by atoms with Crippen LogP contribution in [-0.2, 0) is 9.53 Å². The molecule has 124 valence electrons. The molecule has 0 aliphatic heterocycles. The van der Waals surface area contributed by atoms with Crippen molar-refractivity contribution in [1.29, 1.82) is 0 Å². The first kappa shape index (κ1) is 17.3. The Bertz CT molecular complexity index is 694. The van der Waals surface area contributed by atoms with Gasteiger partial charge >= 0.3 is 0 Å². The van der Waals surface area contributed by atoms with Crippen molar-refractivity contribution in [3.05, 3.63) is 36.4 Å². The maximum absolute atomic E-state index is 12.4. The van der Waals surface area contributed by atoms with Gasteiger partial charge in [-0.3, -0.25) is 4.79 Å². The molecule has 0 aliphatic rings. The van der Waals surface area contributed by atoms with E-state index >= 15 is 0 Å². The van der Waals surface area contributed by atoms with Gasteiger partial charge in [-0.05, 0) is 39.3 Å². The highest BCUT2D eigenvalue weighted by molar-refractivity contribution is 6.06. The summed E-state index contributed by atoms with van der Waals surface area (Å²) in [5.41, 5.74) is -0.125. The van der Waals surface area contributed by atoms with Gasteiger partial charge in [0.1, 0.15) is 11.4 Å². The average molecular weight is 315 g/mol. The van der Waals surface area contributed by atoms with Crippen molar-refractivity contribution in [3.63, 3.8) is 0 Å². The minimum atomic E-state index is -0.882. The lowest BCUT2D eigenvalue weighted by molar-refractivity contribution is -0.133. The molecule has 0 spiro atoms. The molecule has 1 amide bonds. The van der Waals surface area contributed by atoms with Gasteiger partial charge in [0.15, 0.2) is 0 Å². The molecular weight excluding hydrogens is 290 g/mol. The SMILES string of the molecule is CC[C@H](C)Oc1ccc(NC(=O)C(C)(C)OC)c2ccccc12. The summed E-state index contributed by atoms with van der Waals surface area (Å²) < 4.78 is 11.2. The highest BCUT2D eigenvalue weighted by Crippen LogP contribution is 2.33. The Morgan fingerprint density at radius 1 is 1.17 bits per heavy atom. The topological polar surface area (TPSA) is 47.6 Å². The second kappa shape index (κ2) is 7.01. The predicted octanol–water partition coefficient (Wildman–Crippen LogP) is 4.38. The molecule has 0 aromatic heterocycles. The molecule has 4 heteroatoms. The second-order valence-electron chi connectivity index (χ2n) is 6.16. The van der Waals surface area contributed by atoms with Crippen LogP contribution >= 0.6 is 0 Å². The molecular formula is C19H25NO3. The predicted molar refractivity (Wildman–Crippen MR) is 94.0 cm³/mol. The molecule has 2 aromatic rings. The number of carbonyl (C=O) groups excluding carboxylic acids is 1. The van der Waals surface area contributed by atoms with Crippen LogP contribution in [-0.4, -0.2) is 24.7 Å². The number of nitrogens with one attached hydrogen (secondary N) is 1. The smallest absolute Gasteiger partial charge is 0.256 e. The molecule has 1 N–H and O–H groups in total. The first-order valence-corrected chi connectivity index (χ1v) is 7.94. The molecule has 2 rings (SSSR count). The number of hydrogen-bond donors (Lipinski definition) is 1. The highest BCUT2D eigenvalue weighted by atomic mass is 16.5. The largest absolute Gasteiger partial charge is 0.490 e. The Labute approximate surface area is 137 Å². The van der Waals surface area contributed by atoms with Crippen LogP contribution in [0.15, 0.2) is 36.4 Å². The zero-order valence-corrected chi connectivity index (χ0v) is 14.5. The normalized spacial score (nSPS) is 12.9. The van der Waals surface area contributed by atoms with Crippen molar-refractivity contribution in [2.45, 2.75) is 45.8 Å². The van der Waals surface area contributed by atoms with Crippen molar-refractivity contribution < 1.29 is 14.3 Å². The number of rotatable bonds is 6. The first-order chi connectivity index (χ1) is 10.9. The van der Waals surface area contributed by atoms with Gasteiger partial charge in [-0.15, -0.1) is 0 Å². The quantitative estimate of drug-likeness (QED) is 0.860. The van der Waals surface area contributed by atoms with E-state index in [1.165, 1.54) is 7.11 Å². The van der Waals surface area contributed by atoms with Crippen LogP contribution in [0.4, 0.5) is 5.69 Å². The van der Waals surface area contributed by atoms with Crippen LogP contribution in [0.2, 0.25) is 0 Å². The number of benzene rings is 2. The number of anilines is 1. The van der Waals surface area contributed by atoms with Gasteiger partial charge in [-0.2, -0.15) is 0 Å². The van der Waals surface area contributed by atoms with Crippen LogP contribution in [0.5, 0.6) is 5.75 Å². The molecule has 2 aromatic carbocycles. The third-order valence-electron chi connectivity index (χ3n) is 4.09. The van der Waals surface area contributed by atoms with E-state index in [1.54, 1.807) is 13.8 Å². The van der Waals surface area contributed by atoms with E-state index in [2.05, 4.69) is 12.2 Å². The summed E-state index contributed by atoms with van der Waals surface area (Å²) in [6.07, 6.45) is 1.08. The summed E-state index contributed by atoms with van der Waals surface area (Å²) in [5.74, 6) is 0.652. The lowest BCUT2D eigenvalue weighted by Crippen LogP contribution is -2.38. The Morgan fingerprint density at radius 3 is 2.43 bits per heavy atom. The zero-order chi connectivity index (χ0) is 17.0. The summed E-state index contributed by atoms with van der Waals surface area (Å²) in [4.78, 5) is 12.4. The van der Waals surface area contributed by atoms with E-state index < -0.39 is 5.60 Å². The average Bonchev–Trinajstić information content (AvgIpc) is 2.56. The number of amides is 1. The summed E-state index contributed by atoms with van der Waals surface area (Å²) in [7, 11) is 1.53. The number of carbonyl (C=O) groups is 1. The standard InChI is InChI=1S/C19H25NO3/c1-6-13(2)23-17-12-11-16(14-9-7-8-10-15(14)17)20-18(21)19(3,4)22-5/h7-13H,6H2,1-5H3,(H,20,21)/t13-/m0/s1. The van der Waals surface area contributed by atoms with Crippen LogP contribution in [0, 0.1) is 0 Å². The first-order valence-electron chi connectivity index (χ1n) is 7.94. The van der Waals surface area contributed by atoms with E-state index in [9.17, 15) is 4.79 Å². The van der Waals surface area contributed by atoms with E-state index in [1.807, 2.05) is 43.3 Å². The fourth-order valence-electron chi connectivity index (χ4n) is 2.15. The molecule has 0 saturated heterocycles. The Balaban J connectivity index is 2.40. The molecule has 0 saturated carbocycles. The van der Waals surface area contributed by atoms with Crippen LogP contribution in [0.25, 0.3) is 10.8 Å². The van der Waals surface area contributed by atoms with Crippen molar-refractivity contribution in [3.8, 4) is 5.75 Å². The number of ether oxygens (including phenoxy) is 2. The van der Waals surface area contributed by atoms with Gasteiger partial charge in [-0.25, -0.2) is 0 Å². The molecule has 1 atom stereocenters. The lowest BCUT2D eigenvalue weighted by Gasteiger charge is -2.23. The van der Waals surface area contributed by atoms with Gasteiger partial charge in [0.25, 0.3) is 5.91 Å². The van der Waals surface area contributed by atoms with Gasteiger partial charge in [0.2, 0.25) is 0 Å². The Kier molecular flexibility index (Phi) is 5.26. The van der Waals surface area contributed by atoms with Gasteiger partial charge in [-0.1, -0.05) is 31.2 Å². The van der Waals surface area contributed by atoms with E-state index in [-0.39, 0.29) is 12.0 Å². The lowest BCUT2D eigenvalue weighted by atomic mass is 10.1. The number of methoxy groups -OCH3 is 1. The monoisotopic (exact) mass is 315 g/mol. The fourth-order valence-corrected chi connectivity index (χ4v) is 2.15. The molecule has 4 nitrogen and oxygen atoms in total. The van der Waals surface area contributed by atoms with E-state index in [0.29, 0.717) is 0 Å². The third-order valence-corrected chi connectivity index (χ3v) is 4.09. The van der Waals surface area contributed by atoms with Crippen LogP contribution in [0.3, 0.4) is 0 Å². The summed E-state index contributed by atoms with van der Waals surface area (Å²) in [5, 5.41) is 4.89. The zero-order valence-electron chi connectivity index (χ0n) is 14.5. The highest BCUT2D eigenvalue weighted by Gasteiger charge is 2.27. The van der Waals surface area contributed by atoms with Crippen LogP contribution in [0.1, 0.15) is 34.1 Å². The van der Waals surface area contributed by atoms with Gasteiger partial charge in [0.05, 0.1) is 6.10 Å².